The van der Waals surface area contributed by atoms with Gasteiger partial charge in [0.05, 0.1) is 16.9 Å². The van der Waals surface area contributed by atoms with E-state index in [-0.39, 0.29) is 22.3 Å². The molecule has 0 radical (unpaired) electrons. The number of para-hydroxylation sites is 2. The summed E-state index contributed by atoms with van der Waals surface area (Å²) in [6, 6.07) is 16.6. The highest BCUT2D eigenvalue weighted by molar-refractivity contribution is 7.86. The van der Waals surface area contributed by atoms with Crippen LogP contribution in [0.4, 0.5) is 11.4 Å². The second-order valence-corrected chi connectivity index (χ2v) is 17.8. The quantitative estimate of drug-likeness (QED) is 0.121. The van der Waals surface area contributed by atoms with Gasteiger partial charge in [0.15, 0.2) is 5.71 Å². The maximum atomic E-state index is 11.3. The molecule has 3 aliphatic rings. The first-order valence-electron chi connectivity index (χ1n) is 17.0. The van der Waals surface area contributed by atoms with E-state index in [4.69, 9.17) is 11.6 Å². The summed E-state index contributed by atoms with van der Waals surface area (Å²) in [5, 5.41) is 0.751. The van der Waals surface area contributed by atoms with Crippen LogP contribution in [0.5, 0.6) is 0 Å². The van der Waals surface area contributed by atoms with Gasteiger partial charge in [0.25, 0.3) is 20.2 Å². The number of halogens is 1. The lowest BCUT2D eigenvalue weighted by Crippen LogP contribution is -2.28. The SMILES string of the molecule is CC1(C)C(/C=C/C2=C(Cl)C(=C\C=C3\N(CCCCS(=O)(=O)O)c4ccccc4C3(C)C)/CCC2)=[N+](CCCCS(=O)(=O)O)c2ccccc21. The summed E-state index contributed by atoms with van der Waals surface area (Å²) < 4.78 is 65.9. The average Bonchev–Trinajstić information content (AvgIpc) is 3.37. The molecule has 5 rings (SSSR count). The van der Waals surface area contributed by atoms with Crippen molar-refractivity contribution in [2.45, 2.75) is 83.5 Å². The molecule has 11 heteroatoms. The molecule has 0 bridgehead atoms. The number of benzene rings is 2. The molecular formula is C38H48ClN2O6S2+. The molecule has 2 N–H and O–H groups in total. The summed E-state index contributed by atoms with van der Waals surface area (Å²) in [7, 11) is -8.00. The number of allylic oxidation sites excluding steroid dienone is 8. The second-order valence-electron chi connectivity index (χ2n) is 14.2. The van der Waals surface area contributed by atoms with Gasteiger partial charge in [-0.2, -0.15) is 21.4 Å². The first-order valence-corrected chi connectivity index (χ1v) is 20.6. The Balaban J connectivity index is 1.44. The van der Waals surface area contributed by atoms with E-state index in [1.807, 2.05) is 24.3 Å². The lowest BCUT2D eigenvalue weighted by atomic mass is 9.81. The van der Waals surface area contributed by atoms with Crippen molar-refractivity contribution in [2.24, 2.45) is 0 Å². The van der Waals surface area contributed by atoms with Gasteiger partial charge in [0.1, 0.15) is 6.54 Å². The molecule has 0 atom stereocenters. The average molecular weight is 728 g/mol. The molecule has 0 amide bonds. The highest BCUT2D eigenvalue weighted by Crippen LogP contribution is 2.48. The fourth-order valence-electron chi connectivity index (χ4n) is 7.44. The van der Waals surface area contributed by atoms with E-state index in [2.05, 4.69) is 85.7 Å². The van der Waals surface area contributed by atoms with E-state index in [1.165, 1.54) is 11.1 Å². The van der Waals surface area contributed by atoms with Crippen molar-refractivity contribution < 1.29 is 30.5 Å². The molecule has 0 aromatic heterocycles. The minimum absolute atomic E-state index is 0.250. The van der Waals surface area contributed by atoms with Crippen LogP contribution in [0, 0.1) is 0 Å². The van der Waals surface area contributed by atoms with E-state index in [0.717, 1.165) is 58.2 Å². The Hall–Kier alpha value is -3.02. The number of unbranched alkanes of at least 4 members (excludes halogenated alkanes) is 2. The van der Waals surface area contributed by atoms with Crippen molar-refractivity contribution in [3.63, 3.8) is 0 Å². The molecule has 264 valence electrons. The zero-order chi connectivity index (χ0) is 35.6. The van der Waals surface area contributed by atoms with Crippen LogP contribution in [0.15, 0.2) is 94.7 Å². The first-order chi connectivity index (χ1) is 23.0. The third-order valence-corrected chi connectivity index (χ3v) is 12.1. The van der Waals surface area contributed by atoms with Crippen LogP contribution in [-0.2, 0) is 31.1 Å². The molecule has 2 aromatic carbocycles. The fraction of sp³-hybridized carbons (Fsp3) is 0.447. The van der Waals surface area contributed by atoms with Crippen LogP contribution in [0.25, 0.3) is 0 Å². The van der Waals surface area contributed by atoms with Gasteiger partial charge in [-0.25, -0.2) is 0 Å². The van der Waals surface area contributed by atoms with Gasteiger partial charge >= 0.3 is 0 Å². The van der Waals surface area contributed by atoms with Crippen molar-refractivity contribution >= 4 is 48.9 Å². The van der Waals surface area contributed by atoms with Gasteiger partial charge in [-0.15, -0.1) is 0 Å². The molecule has 0 spiro atoms. The lowest BCUT2D eigenvalue weighted by molar-refractivity contribution is -0.438. The molecule has 0 fully saturated rings. The number of hydrogen-bond acceptors (Lipinski definition) is 5. The summed E-state index contributed by atoms with van der Waals surface area (Å²) in [5.74, 6) is -0.500. The van der Waals surface area contributed by atoms with Crippen molar-refractivity contribution in [1.82, 2.24) is 0 Å². The molecule has 0 saturated carbocycles. The first kappa shape index (κ1) is 37.2. The fourth-order valence-corrected chi connectivity index (χ4v) is 8.89. The largest absolute Gasteiger partial charge is 0.344 e. The third kappa shape index (κ3) is 8.48. The third-order valence-electron chi connectivity index (χ3n) is 10.0. The predicted molar refractivity (Wildman–Crippen MR) is 199 cm³/mol. The Morgan fingerprint density at radius 3 is 2.12 bits per heavy atom. The predicted octanol–water partition coefficient (Wildman–Crippen LogP) is 8.24. The number of rotatable bonds is 13. The molecular weight excluding hydrogens is 680 g/mol. The van der Waals surface area contributed by atoms with Gasteiger partial charge in [-0.05, 0) is 81.2 Å². The maximum Gasteiger partial charge on any atom is 0.264 e. The summed E-state index contributed by atoms with van der Waals surface area (Å²) >= 11 is 7.14. The van der Waals surface area contributed by atoms with E-state index in [9.17, 15) is 25.9 Å². The van der Waals surface area contributed by atoms with E-state index in [0.29, 0.717) is 38.8 Å². The minimum Gasteiger partial charge on any atom is -0.344 e. The Morgan fingerprint density at radius 1 is 0.796 bits per heavy atom. The van der Waals surface area contributed by atoms with Crippen molar-refractivity contribution in [1.29, 1.82) is 0 Å². The van der Waals surface area contributed by atoms with Gasteiger partial charge in [0.2, 0.25) is 5.69 Å². The zero-order valence-electron chi connectivity index (χ0n) is 28.8. The number of hydrogen-bond donors (Lipinski definition) is 2. The van der Waals surface area contributed by atoms with Crippen LogP contribution in [0.1, 0.15) is 83.8 Å². The summed E-state index contributed by atoms with van der Waals surface area (Å²) in [6.45, 7) is 10.1. The smallest absolute Gasteiger partial charge is 0.264 e. The van der Waals surface area contributed by atoms with Crippen LogP contribution >= 0.6 is 11.6 Å². The molecule has 1 aliphatic carbocycles. The molecule has 0 saturated heterocycles. The van der Waals surface area contributed by atoms with Gasteiger partial charge in [-0.3, -0.25) is 9.11 Å². The van der Waals surface area contributed by atoms with E-state index < -0.39 is 20.2 Å². The zero-order valence-corrected chi connectivity index (χ0v) is 31.2. The highest BCUT2D eigenvalue weighted by Gasteiger charge is 2.44. The topological polar surface area (TPSA) is 115 Å². The Kier molecular flexibility index (Phi) is 11.2. The molecule has 2 aromatic rings. The summed E-state index contributed by atoms with van der Waals surface area (Å²) in [4.78, 5) is 2.26. The van der Waals surface area contributed by atoms with Crippen LogP contribution < -0.4 is 4.90 Å². The van der Waals surface area contributed by atoms with Gasteiger partial charge < -0.3 is 4.90 Å². The minimum atomic E-state index is -4.00. The van der Waals surface area contributed by atoms with Gasteiger partial charge in [-0.1, -0.05) is 74.0 Å². The van der Waals surface area contributed by atoms with Crippen LogP contribution in [0.3, 0.4) is 0 Å². The van der Waals surface area contributed by atoms with E-state index >= 15 is 0 Å². The highest BCUT2D eigenvalue weighted by atomic mass is 35.5. The second kappa shape index (κ2) is 14.7. The number of fused-ring (bicyclic) bond motifs is 2. The van der Waals surface area contributed by atoms with Crippen LogP contribution in [-0.4, -0.2) is 60.8 Å². The lowest BCUT2D eigenvalue weighted by Gasteiger charge is -2.27. The number of anilines is 1. The van der Waals surface area contributed by atoms with E-state index in [1.54, 1.807) is 0 Å². The molecule has 8 nitrogen and oxygen atoms in total. The number of nitrogens with zero attached hydrogens (tertiary/aromatic N) is 2. The van der Waals surface area contributed by atoms with Crippen molar-refractivity contribution in [3.8, 4) is 0 Å². The Labute approximate surface area is 297 Å². The van der Waals surface area contributed by atoms with Crippen molar-refractivity contribution in [3.05, 3.63) is 106 Å². The summed E-state index contributed by atoms with van der Waals surface area (Å²) in [5.41, 5.74) is 8.47. The Bertz CT molecular complexity index is 1970. The van der Waals surface area contributed by atoms with Gasteiger partial charge in [0, 0.05) is 52.5 Å². The molecule has 49 heavy (non-hydrogen) atoms. The van der Waals surface area contributed by atoms with Crippen LogP contribution in [0.2, 0.25) is 0 Å². The molecule has 0 unspecified atom stereocenters. The maximum absolute atomic E-state index is 11.3. The Morgan fingerprint density at radius 2 is 1.43 bits per heavy atom. The molecule has 2 heterocycles. The standard InChI is InChI=1S/C38H47ClN2O6S2/c1-37(2)30-16-5-7-18-32(30)40(24-9-11-26-48(42,43)44)34(37)22-20-28-14-13-15-29(36(28)39)21-23-35-38(3,4)31-17-6-8-19-33(31)41(35)25-10-12-27-49(45,46)47/h5-8,16-23H,9-15,24-27H2,1-4H3,(H-,42,43,44,45,46,47)/p+1. The molecule has 2 aliphatic heterocycles. The monoisotopic (exact) mass is 727 g/mol. The normalized spacial score (nSPS) is 20.6. The van der Waals surface area contributed by atoms with Crippen molar-refractivity contribution in [2.75, 3.05) is 29.5 Å². The summed E-state index contributed by atoms with van der Waals surface area (Å²) in [6.07, 6.45) is 13.2.